The van der Waals surface area contributed by atoms with E-state index in [1.165, 1.54) is 0 Å². The van der Waals surface area contributed by atoms with Crippen molar-refractivity contribution < 1.29 is 9.53 Å². The fourth-order valence-electron chi connectivity index (χ4n) is 3.89. The highest BCUT2D eigenvalue weighted by molar-refractivity contribution is 5.88. The molecule has 1 aliphatic carbocycles. The smallest absolute Gasteiger partial charge is 0.241 e. The largest absolute Gasteiger partial charge is 0.378 e. The number of amides is 1. The van der Waals surface area contributed by atoms with E-state index in [-0.39, 0.29) is 24.4 Å². The minimum absolute atomic E-state index is 0. The second-order valence-electron chi connectivity index (χ2n) is 7.99. The molecule has 1 aliphatic rings. The minimum Gasteiger partial charge on any atom is -0.378 e. The molecule has 2 aromatic rings. The highest BCUT2D eigenvalue weighted by Crippen LogP contribution is 2.49. The normalized spacial score (nSPS) is 22.9. The number of hydrogen-bond donors (Lipinski definition) is 2. The maximum atomic E-state index is 12.9. The van der Waals surface area contributed by atoms with Crippen molar-refractivity contribution in [1.29, 1.82) is 0 Å². The molecule has 1 aromatic heterocycles. The van der Waals surface area contributed by atoms with Crippen LogP contribution in [0.1, 0.15) is 44.1 Å². The van der Waals surface area contributed by atoms with Crippen molar-refractivity contribution in [3.8, 4) is 5.69 Å². The molecule has 2 unspecified atom stereocenters. The van der Waals surface area contributed by atoms with Crippen LogP contribution in [0.3, 0.4) is 0 Å². The molecule has 0 aliphatic heterocycles. The molecule has 1 aromatic carbocycles. The fraction of sp³-hybridized carbons (Fsp3) is 0.524. The monoisotopic (exact) mass is 406 g/mol. The third kappa shape index (κ3) is 3.69. The van der Waals surface area contributed by atoms with E-state index in [9.17, 15) is 4.79 Å². The van der Waals surface area contributed by atoms with Crippen molar-refractivity contribution >= 4 is 18.3 Å². The van der Waals surface area contributed by atoms with Crippen molar-refractivity contribution in [3.05, 3.63) is 47.3 Å². The number of nitrogens with one attached hydrogen (secondary N) is 1. The van der Waals surface area contributed by atoms with Crippen LogP contribution in [0.5, 0.6) is 0 Å². The number of carbonyl (C=O) groups is 1. The Kier molecular flexibility index (Phi) is 6.58. The van der Waals surface area contributed by atoms with Crippen LogP contribution in [-0.2, 0) is 16.1 Å². The zero-order valence-electron chi connectivity index (χ0n) is 17.3. The molecule has 0 bridgehead atoms. The number of nitrogens with two attached hydrogens (primary N) is 1. The molecule has 0 spiro atoms. The lowest BCUT2D eigenvalue weighted by Gasteiger charge is -2.57. The van der Waals surface area contributed by atoms with E-state index >= 15 is 0 Å². The molecule has 0 radical (unpaired) electrons. The highest BCUT2D eigenvalue weighted by atomic mass is 35.5. The molecule has 7 heteroatoms. The summed E-state index contributed by atoms with van der Waals surface area (Å²) in [6.45, 7) is 11.0. The predicted molar refractivity (Wildman–Crippen MR) is 113 cm³/mol. The SMILES string of the molecule is CCOC1CC(N)(C(=O)NCc2ccccc2-n2nc(C)cc2C)C1(C)C.Cl. The lowest BCUT2D eigenvalue weighted by Crippen LogP contribution is -2.75. The number of ether oxygens (including phenoxy) is 1. The van der Waals surface area contributed by atoms with E-state index in [0.29, 0.717) is 19.6 Å². The van der Waals surface area contributed by atoms with Gasteiger partial charge < -0.3 is 15.8 Å². The van der Waals surface area contributed by atoms with Gasteiger partial charge in [-0.1, -0.05) is 32.0 Å². The van der Waals surface area contributed by atoms with Gasteiger partial charge in [-0.2, -0.15) is 5.10 Å². The van der Waals surface area contributed by atoms with Gasteiger partial charge in [0.1, 0.15) is 5.54 Å². The lowest BCUT2D eigenvalue weighted by molar-refractivity contribution is -0.170. The van der Waals surface area contributed by atoms with Crippen LogP contribution in [0, 0.1) is 19.3 Å². The Morgan fingerprint density at radius 1 is 1.36 bits per heavy atom. The Morgan fingerprint density at radius 2 is 2.04 bits per heavy atom. The molecule has 28 heavy (non-hydrogen) atoms. The molecule has 3 N–H and O–H groups in total. The molecule has 1 fully saturated rings. The summed E-state index contributed by atoms with van der Waals surface area (Å²) in [6.07, 6.45) is 0.555. The van der Waals surface area contributed by atoms with Gasteiger partial charge in [0.2, 0.25) is 5.91 Å². The standard InChI is InChI=1S/C21H30N4O2.ClH/c1-6-27-18-12-21(22,20(18,4)5)19(26)23-13-16-9-7-8-10-17(16)25-15(3)11-14(2)24-25;/h7-11,18H,6,12-13,22H2,1-5H3,(H,23,26);1H. The highest BCUT2D eigenvalue weighted by Gasteiger charge is 2.62. The number of halogens is 1. The van der Waals surface area contributed by atoms with E-state index in [1.54, 1.807) is 0 Å². The summed E-state index contributed by atoms with van der Waals surface area (Å²) in [4.78, 5) is 12.9. The molecule has 1 heterocycles. The minimum atomic E-state index is -0.917. The summed E-state index contributed by atoms with van der Waals surface area (Å²) in [5.74, 6) is -0.133. The number of para-hydroxylation sites is 1. The number of aromatic nitrogens is 2. The van der Waals surface area contributed by atoms with Crippen LogP contribution in [0.4, 0.5) is 0 Å². The third-order valence-electron chi connectivity index (χ3n) is 5.90. The quantitative estimate of drug-likeness (QED) is 0.772. The third-order valence-corrected chi connectivity index (χ3v) is 5.90. The molecule has 2 atom stereocenters. The van der Waals surface area contributed by atoms with Crippen molar-refractivity contribution in [1.82, 2.24) is 15.1 Å². The molecule has 3 rings (SSSR count). The number of benzene rings is 1. The topological polar surface area (TPSA) is 82.2 Å². The number of hydrogen-bond acceptors (Lipinski definition) is 4. The maximum absolute atomic E-state index is 12.9. The van der Waals surface area contributed by atoms with E-state index in [2.05, 4.69) is 10.4 Å². The van der Waals surface area contributed by atoms with Crippen molar-refractivity contribution in [3.63, 3.8) is 0 Å². The molecule has 6 nitrogen and oxygen atoms in total. The van der Waals surface area contributed by atoms with Gasteiger partial charge in [0.25, 0.3) is 0 Å². The van der Waals surface area contributed by atoms with E-state index in [1.807, 2.05) is 69.6 Å². The summed E-state index contributed by atoms with van der Waals surface area (Å²) in [7, 11) is 0. The predicted octanol–water partition coefficient (Wildman–Crippen LogP) is 3.06. The van der Waals surface area contributed by atoms with Gasteiger partial charge in [0.05, 0.1) is 17.5 Å². The molecule has 154 valence electrons. The second kappa shape index (κ2) is 8.23. The summed E-state index contributed by atoms with van der Waals surface area (Å²) < 4.78 is 7.63. The van der Waals surface area contributed by atoms with Gasteiger partial charge >= 0.3 is 0 Å². The van der Waals surface area contributed by atoms with Crippen LogP contribution >= 0.6 is 12.4 Å². The first-order chi connectivity index (χ1) is 12.7. The van der Waals surface area contributed by atoms with Gasteiger partial charge in [-0.3, -0.25) is 4.79 Å². The molecular weight excluding hydrogens is 376 g/mol. The van der Waals surface area contributed by atoms with Crippen molar-refractivity contribution in [2.75, 3.05) is 6.61 Å². The fourth-order valence-corrected chi connectivity index (χ4v) is 3.89. The summed E-state index contributed by atoms with van der Waals surface area (Å²) in [5, 5.41) is 7.60. The first-order valence-electron chi connectivity index (χ1n) is 9.51. The summed E-state index contributed by atoms with van der Waals surface area (Å²) in [6, 6.07) is 9.99. The van der Waals surface area contributed by atoms with Gasteiger partial charge in [0, 0.05) is 30.7 Å². The van der Waals surface area contributed by atoms with Crippen LogP contribution < -0.4 is 11.1 Å². The Hall–Kier alpha value is -1.89. The number of carbonyl (C=O) groups excluding carboxylic acids is 1. The first kappa shape index (κ1) is 22.4. The zero-order chi connectivity index (χ0) is 19.8. The number of nitrogens with zero attached hydrogens (tertiary/aromatic N) is 2. The van der Waals surface area contributed by atoms with Crippen LogP contribution in [0.25, 0.3) is 5.69 Å². The van der Waals surface area contributed by atoms with Gasteiger partial charge in [-0.15, -0.1) is 12.4 Å². The molecule has 0 saturated heterocycles. The average molecular weight is 407 g/mol. The number of rotatable bonds is 6. The Morgan fingerprint density at radius 3 is 2.61 bits per heavy atom. The van der Waals surface area contributed by atoms with Crippen LogP contribution in [0.2, 0.25) is 0 Å². The Balaban J connectivity index is 0.00000280. The lowest BCUT2D eigenvalue weighted by atomic mass is 9.54. The average Bonchev–Trinajstić information content (AvgIpc) is 2.97. The second-order valence-corrected chi connectivity index (χ2v) is 7.99. The zero-order valence-corrected chi connectivity index (χ0v) is 18.1. The molecule has 1 saturated carbocycles. The van der Waals surface area contributed by atoms with E-state index in [0.717, 1.165) is 22.6 Å². The summed E-state index contributed by atoms with van der Waals surface area (Å²) >= 11 is 0. The Labute approximate surface area is 173 Å². The van der Waals surface area contributed by atoms with E-state index < -0.39 is 11.0 Å². The van der Waals surface area contributed by atoms with E-state index in [4.69, 9.17) is 10.5 Å². The summed E-state index contributed by atoms with van der Waals surface area (Å²) in [5.41, 5.74) is 9.15. The Bertz CT molecular complexity index is 849. The van der Waals surface area contributed by atoms with Crippen LogP contribution in [-0.4, -0.2) is 33.9 Å². The van der Waals surface area contributed by atoms with Gasteiger partial charge in [-0.05, 0) is 38.5 Å². The van der Waals surface area contributed by atoms with Gasteiger partial charge in [0.15, 0.2) is 0 Å². The van der Waals surface area contributed by atoms with Gasteiger partial charge in [-0.25, -0.2) is 4.68 Å². The number of aryl methyl sites for hydroxylation is 2. The molecular formula is C21H31ClN4O2. The first-order valence-corrected chi connectivity index (χ1v) is 9.51. The maximum Gasteiger partial charge on any atom is 0.241 e. The van der Waals surface area contributed by atoms with Crippen LogP contribution in [0.15, 0.2) is 30.3 Å². The molecule has 1 amide bonds. The van der Waals surface area contributed by atoms with Crippen molar-refractivity contribution in [2.24, 2.45) is 11.1 Å². The van der Waals surface area contributed by atoms with Crippen molar-refractivity contribution in [2.45, 2.75) is 59.2 Å².